The molecule has 1 atom stereocenters. The summed E-state index contributed by atoms with van der Waals surface area (Å²) in [5.74, 6) is -0.736. The zero-order valence-corrected chi connectivity index (χ0v) is 20.2. The van der Waals surface area contributed by atoms with Gasteiger partial charge in [0, 0.05) is 19.1 Å². The fourth-order valence-corrected chi connectivity index (χ4v) is 5.86. The third kappa shape index (κ3) is 6.10. The van der Waals surface area contributed by atoms with E-state index >= 15 is 0 Å². The number of esters is 1. The molecular formula is C24H36N2O5S. The molecule has 2 fully saturated rings. The Morgan fingerprint density at radius 2 is 1.56 bits per heavy atom. The van der Waals surface area contributed by atoms with Gasteiger partial charge in [-0.15, -0.1) is 0 Å². The lowest BCUT2D eigenvalue weighted by Gasteiger charge is -2.31. The Morgan fingerprint density at radius 3 is 2.12 bits per heavy atom. The van der Waals surface area contributed by atoms with Crippen molar-refractivity contribution in [2.75, 3.05) is 13.1 Å². The van der Waals surface area contributed by atoms with E-state index in [1.54, 1.807) is 19.1 Å². The lowest BCUT2D eigenvalue weighted by Crippen LogP contribution is -2.44. The molecule has 1 saturated heterocycles. The third-order valence-corrected chi connectivity index (χ3v) is 8.50. The number of hydrogen-bond donors (Lipinski definition) is 1. The first-order valence-corrected chi connectivity index (χ1v) is 13.2. The molecule has 1 amide bonds. The van der Waals surface area contributed by atoms with Crippen LogP contribution in [0.4, 0.5) is 0 Å². The van der Waals surface area contributed by atoms with E-state index in [1.807, 2.05) is 12.1 Å². The molecule has 1 aromatic carbocycles. The zero-order valence-electron chi connectivity index (χ0n) is 19.4. The van der Waals surface area contributed by atoms with E-state index in [2.05, 4.69) is 19.2 Å². The molecule has 0 aromatic heterocycles. The Morgan fingerprint density at radius 1 is 0.969 bits per heavy atom. The van der Waals surface area contributed by atoms with Gasteiger partial charge in [0.1, 0.15) is 0 Å². The van der Waals surface area contributed by atoms with Crippen molar-refractivity contribution in [3.63, 3.8) is 0 Å². The Balaban J connectivity index is 1.49. The van der Waals surface area contributed by atoms with Gasteiger partial charge in [-0.25, -0.2) is 8.42 Å². The molecule has 178 valence electrons. The van der Waals surface area contributed by atoms with Crippen LogP contribution in [0.5, 0.6) is 0 Å². The first-order chi connectivity index (χ1) is 15.2. The Labute approximate surface area is 191 Å². The van der Waals surface area contributed by atoms with Crippen molar-refractivity contribution in [2.45, 2.75) is 88.7 Å². The fraction of sp³-hybridized carbons (Fsp3) is 0.667. The number of amides is 1. The minimum atomic E-state index is -3.59. The first kappa shape index (κ1) is 24.7. The van der Waals surface area contributed by atoms with Crippen LogP contribution in [0, 0.1) is 5.92 Å². The molecule has 32 heavy (non-hydrogen) atoms. The quantitative estimate of drug-likeness (QED) is 0.623. The molecule has 1 aromatic rings. The van der Waals surface area contributed by atoms with E-state index in [0.29, 0.717) is 18.8 Å². The molecule has 1 heterocycles. The van der Waals surface area contributed by atoms with Crippen LogP contribution < -0.4 is 5.32 Å². The number of carbonyl (C=O) groups is 2. The number of nitrogens with one attached hydrogen (secondary N) is 1. The Bertz CT molecular complexity index is 883. The Kier molecular flexibility index (Phi) is 8.33. The summed E-state index contributed by atoms with van der Waals surface area (Å²) in [4.78, 5) is 25.2. The number of sulfonamides is 1. The van der Waals surface area contributed by atoms with Gasteiger partial charge in [0.25, 0.3) is 5.91 Å². The molecule has 3 rings (SSSR count). The van der Waals surface area contributed by atoms with Crippen LogP contribution in [0.2, 0.25) is 0 Å². The van der Waals surface area contributed by atoms with Crippen molar-refractivity contribution in [1.29, 1.82) is 0 Å². The molecule has 7 nitrogen and oxygen atoms in total. The molecule has 1 saturated carbocycles. The topological polar surface area (TPSA) is 92.8 Å². The summed E-state index contributed by atoms with van der Waals surface area (Å²) in [6.45, 7) is 6.24. The molecule has 8 heteroatoms. The largest absolute Gasteiger partial charge is 0.452 e. The molecule has 1 aliphatic carbocycles. The van der Waals surface area contributed by atoms with Gasteiger partial charge in [-0.05, 0) is 56.2 Å². The van der Waals surface area contributed by atoms with Gasteiger partial charge >= 0.3 is 5.97 Å². The molecule has 0 bridgehead atoms. The number of hydrogen-bond acceptors (Lipinski definition) is 5. The van der Waals surface area contributed by atoms with Crippen molar-refractivity contribution in [2.24, 2.45) is 5.92 Å². The van der Waals surface area contributed by atoms with Crippen LogP contribution in [0.3, 0.4) is 0 Å². The molecule has 0 spiro atoms. The second-order valence-electron chi connectivity index (χ2n) is 9.32. The summed E-state index contributed by atoms with van der Waals surface area (Å²) >= 11 is 0. The van der Waals surface area contributed by atoms with Crippen molar-refractivity contribution in [1.82, 2.24) is 9.62 Å². The fourth-order valence-electron chi connectivity index (χ4n) is 4.40. The van der Waals surface area contributed by atoms with Crippen LogP contribution in [0.25, 0.3) is 0 Å². The van der Waals surface area contributed by atoms with E-state index in [-0.39, 0.29) is 29.9 Å². The smallest absolute Gasteiger partial charge is 0.309 e. The first-order valence-electron chi connectivity index (χ1n) is 11.8. The molecule has 0 unspecified atom stereocenters. The number of rotatable bonds is 7. The average Bonchev–Trinajstić information content (AvgIpc) is 2.79. The number of ether oxygens (including phenoxy) is 1. The molecule has 0 radical (unpaired) electrons. The Hall–Kier alpha value is -1.93. The standard InChI is InChI=1S/C24H36N2O5S/c1-17(2)19-9-11-22(12-10-19)32(29,30)26-15-13-20(14-16-26)24(28)31-18(3)23(27)25-21-7-5-4-6-8-21/h9-12,17-18,20-21H,4-8,13-16H2,1-3H3,(H,25,27)/t18-/m0/s1. The van der Waals surface area contributed by atoms with Gasteiger partial charge in [-0.3, -0.25) is 9.59 Å². The highest BCUT2D eigenvalue weighted by Crippen LogP contribution is 2.26. The molecule has 2 aliphatic rings. The highest BCUT2D eigenvalue weighted by molar-refractivity contribution is 7.89. The summed E-state index contributed by atoms with van der Waals surface area (Å²) in [5, 5.41) is 2.98. The summed E-state index contributed by atoms with van der Waals surface area (Å²) in [7, 11) is -3.59. The van der Waals surface area contributed by atoms with Gasteiger partial charge in [-0.1, -0.05) is 45.2 Å². The van der Waals surface area contributed by atoms with Crippen molar-refractivity contribution in [3.05, 3.63) is 29.8 Å². The summed E-state index contributed by atoms with van der Waals surface area (Å²) in [5.41, 5.74) is 1.09. The number of nitrogens with zero attached hydrogens (tertiary/aromatic N) is 1. The summed E-state index contributed by atoms with van der Waals surface area (Å²) in [6.07, 6.45) is 5.31. The van der Waals surface area contributed by atoms with Crippen LogP contribution >= 0.6 is 0 Å². The maximum Gasteiger partial charge on any atom is 0.309 e. The maximum atomic E-state index is 13.0. The highest BCUT2D eigenvalue weighted by atomic mass is 32.2. The SMILES string of the molecule is CC(C)c1ccc(S(=O)(=O)N2CCC(C(=O)O[C@@H](C)C(=O)NC3CCCCC3)CC2)cc1. The zero-order chi connectivity index (χ0) is 23.3. The van der Waals surface area contributed by atoms with Gasteiger partial charge < -0.3 is 10.1 Å². The summed E-state index contributed by atoms with van der Waals surface area (Å²) in [6, 6.07) is 7.17. The van der Waals surface area contributed by atoms with Gasteiger partial charge in [0.2, 0.25) is 10.0 Å². The molecule has 1 aliphatic heterocycles. The van der Waals surface area contributed by atoms with E-state index in [9.17, 15) is 18.0 Å². The summed E-state index contributed by atoms with van der Waals surface area (Å²) < 4.78 is 32.8. The monoisotopic (exact) mass is 464 g/mol. The van der Waals surface area contributed by atoms with E-state index < -0.39 is 28.0 Å². The molecule has 1 N–H and O–H groups in total. The lowest BCUT2D eigenvalue weighted by molar-refractivity contribution is -0.160. The third-order valence-electron chi connectivity index (χ3n) is 6.59. The van der Waals surface area contributed by atoms with E-state index in [4.69, 9.17) is 4.74 Å². The predicted octanol–water partition coefficient (Wildman–Crippen LogP) is 3.59. The van der Waals surface area contributed by atoms with E-state index in [0.717, 1.165) is 31.2 Å². The lowest BCUT2D eigenvalue weighted by atomic mass is 9.95. The van der Waals surface area contributed by atoms with E-state index in [1.165, 1.54) is 10.7 Å². The number of piperidine rings is 1. The predicted molar refractivity (Wildman–Crippen MR) is 123 cm³/mol. The van der Waals surface area contributed by atoms with Crippen LogP contribution in [0.15, 0.2) is 29.2 Å². The minimum absolute atomic E-state index is 0.167. The van der Waals surface area contributed by atoms with Crippen molar-refractivity contribution in [3.8, 4) is 0 Å². The van der Waals surface area contributed by atoms with Gasteiger partial charge in [0.15, 0.2) is 6.10 Å². The van der Waals surface area contributed by atoms with Crippen molar-refractivity contribution < 1.29 is 22.7 Å². The van der Waals surface area contributed by atoms with Crippen LogP contribution in [-0.4, -0.2) is 49.8 Å². The normalized spacial score (nSPS) is 20.1. The highest BCUT2D eigenvalue weighted by Gasteiger charge is 2.34. The van der Waals surface area contributed by atoms with Crippen LogP contribution in [-0.2, 0) is 24.3 Å². The van der Waals surface area contributed by atoms with Crippen LogP contribution in [0.1, 0.15) is 77.2 Å². The number of carbonyl (C=O) groups excluding carboxylic acids is 2. The number of benzene rings is 1. The van der Waals surface area contributed by atoms with Gasteiger partial charge in [-0.2, -0.15) is 4.31 Å². The minimum Gasteiger partial charge on any atom is -0.452 e. The second-order valence-corrected chi connectivity index (χ2v) is 11.3. The average molecular weight is 465 g/mol. The maximum absolute atomic E-state index is 13.0. The van der Waals surface area contributed by atoms with Crippen molar-refractivity contribution >= 4 is 21.9 Å². The van der Waals surface area contributed by atoms with Gasteiger partial charge in [0.05, 0.1) is 10.8 Å². The second kappa shape index (κ2) is 10.8. The molecular weight excluding hydrogens is 428 g/mol.